The molecule has 3 heteroatoms. The fraction of sp³-hybridized carbons (Fsp3) is 0. The van der Waals surface area contributed by atoms with Crippen LogP contribution in [0.4, 0.5) is 0 Å². The fourth-order valence-corrected chi connectivity index (χ4v) is 0. The minimum absolute atomic E-state index is 0. The maximum atomic E-state index is 6.75. The molecule has 0 atom stereocenters. The van der Waals surface area contributed by atoms with Crippen molar-refractivity contribution in [3.05, 3.63) is 7.11 Å². The predicted molar refractivity (Wildman–Crippen MR) is 17.7 cm³/mol. The Labute approximate surface area is 55.1 Å². The summed E-state index contributed by atoms with van der Waals surface area (Å²) in [7, 11) is 2.25. The van der Waals surface area contributed by atoms with E-state index in [1.54, 1.807) is 0 Å². The Kier molecular flexibility index (Phi) is 127. The second-order valence-electron chi connectivity index (χ2n) is 0. The van der Waals surface area contributed by atoms with Crippen LogP contribution in [-0.2, 0) is 0 Å². The Morgan fingerprint density at radius 2 is 1.25 bits per heavy atom. The van der Waals surface area contributed by atoms with E-state index >= 15 is 0 Å². The molecule has 0 spiro atoms. The van der Waals surface area contributed by atoms with Crippen LogP contribution in [0.25, 0.3) is 0 Å². The molecule has 0 heterocycles. The van der Waals surface area contributed by atoms with E-state index in [4.69, 9.17) is 5.11 Å². The molecule has 0 unspecified atom stereocenters. The summed E-state index contributed by atoms with van der Waals surface area (Å²) >= 11 is 0. The third kappa shape index (κ3) is 10.3. The topological polar surface area (TPSA) is 20.2 Å². The molecular weight excluding hydrogens is 83.1 g/mol. The van der Waals surface area contributed by atoms with E-state index in [9.17, 15) is 0 Å². The van der Waals surface area contributed by atoms with E-state index in [1.165, 1.54) is 0 Å². The van der Waals surface area contributed by atoms with Gasteiger partial charge in [0.1, 0.15) is 0 Å². The molecule has 0 radical (unpaired) electrons. The summed E-state index contributed by atoms with van der Waals surface area (Å²) in [6.45, 7) is 0. The van der Waals surface area contributed by atoms with Gasteiger partial charge in [-0.25, -0.2) is 7.11 Å². The first-order valence-corrected chi connectivity index (χ1v) is 0.316. The number of rotatable bonds is 0. The van der Waals surface area contributed by atoms with E-state index in [2.05, 4.69) is 7.11 Å². The van der Waals surface area contributed by atoms with Crippen LogP contribution in [0, 0.1) is 7.11 Å². The van der Waals surface area contributed by atoms with Gasteiger partial charge in [-0.1, -0.05) is 0 Å². The SMILES string of the molecule is S.[CH2-]O.[Na+]. The van der Waals surface area contributed by atoms with Crippen molar-refractivity contribution in [2.24, 2.45) is 0 Å². The van der Waals surface area contributed by atoms with E-state index < -0.39 is 0 Å². The van der Waals surface area contributed by atoms with E-state index in [1.807, 2.05) is 0 Å². The maximum Gasteiger partial charge on any atom is 1.00 e. The van der Waals surface area contributed by atoms with Gasteiger partial charge >= 0.3 is 29.6 Å². The molecule has 0 fully saturated rings. The van der Waals surface area contributed by atoms with E-state index in [-0.39, 0.29) is 43.1 Å². The summed E-state index contributed by atoms with van der Waals surface area (Å²) in [5.41, 5.74) is 0. The molecule has 0 aliphatic carbocycles. The Morgan fingerprint density at radius 1 is 1.25 bits per heavy atom. The molecule has 0 rings (SSSR count). The Balaban J connectivity index is -0.00000000500. The molecule has 0 aromatic rings. The molecule has 0 aromatic carbocycles. The molecule has 1 nitrogen and oxygen atoms in total. The Hall–Kier alpha value is 1.31. The zero-order valence-electron chi connectivity index (χ0n) is 2.65. The molecular formula is CH5NaOS. The first-order valence-electron chi connectivity index (χ1n) is 0.316. The van der Waals surface area contributed by atoms with Crippen LogP contribution >= 0.6 is 13.5 Å². The van der Waals surface area contributed by atoms with Gasteiger partial charge in [-0.3, -0.25) is 0 Å². The second kappa shape index (κ2) is 27.5. The van der Waals surface area contributed by atoms with Crippen LogP contribution in [0.5, 0.6) is 0 Å². The smallest absolute Gasteiger partial charge is 0.569 e. The second-order valence-corrected chi connectivity index (χ2v) is 0. The third-order valence-corrected chi connectivity index (χ3v) is 0. The third-order valence-electron chi connectivity index (χ3n) is 0. The Morgan fingerprint density at radius 3 is 1.25 bits per heavy atom. The minimum Gasteiger partial charge on any atom is -0.569 e. The van der Waals surface area contributed by atoms with Crippen molar-refractivity contribution in [2.75, 3.05) is 0 Å². The van der Waals surface area contributed by atoms with Crippen LogP contribution in [0.2, 0.25) is 0 Å². The van der Waals surface area contributed by atoms with Crippen molar-refractivity contribution >= 4 is 13.5 Å². The van der Waals surface area contributed by atoms with Crippen molar-refractivity contribution in [1.82, 2.24) is 0 Å². The van der Waals surface area contributed by atoms with Crippen molar-refractivity contribution in [2.45, 2.75) is 0 Å². The van der Waals surface area contributed by atoms with Crippen LogP contribution in [0.1, 0.15) is 0 Å². The van der Waals surface area contributed by atoms with Crippen LogP contribution in [0.15, 0.2) is 0 Å². The first kappa shape index (κ1) is 18.5. The summed E-state index contributed by atoms with van der Waals surface area (Å²) in [6, 6.07) is 0. The molecule has 1 N–H and O–H groups in total. The first-order chi connectivity index (χ1) is 1.00. The van der Waals surface area contributed by atoms with Gasteiger partial charge in [-0.05, 0) is 0 Å². The van der Waals surface area contributed by atoms with E-state index in [0.717, 1.165) is 0 Å². The van der Waals surface area contributed by atoms with Gasteiger partial charge in [-0.2, -0.15) is 13.5 Å². The molecule has 0 aliphatic heterocycles. The summed E-state index contributed by atoms with van der Waals surface area (Å²) in [4.78, 5) is 0. The number of aliphatic hydroxyl groups is 1. The van der Waals surface area contributed by atoms with Crippen molar-refractivity contribution in [3.63, 3.8) is 0 Å². The summed E-state index contributed by atoms with van der Waals surface area (Å²) in [6.07, 6.45) is 0. The van der Waals surface area contributed by atoms with Gasteiger partial charge in [-0.15, -0.1) is 0 Å². The number of hydrogen-bond acceptors (Lipinski definition) is 1. The van der Waals surface area contributed by atoms with Crippen LogP contribution in [0.3, 0.4) is 0 Å². The van der Waals surface area contributed by atoms with Gasteiger partial charge in [0.2, 0.25) is 0 Å². The fourth-order valence-electron chi connectivity index (χ4n) is 0. The van der Waals surface area contributed by atoms with Crippen LogP contribution < -0.4 is 29.6 Å². The molecule has 0 bridgehead atoms. The average molecular weight is 88.1 g/mol. The van der Waals surface area contributed by atoms with E-state index in [0.29, 0.717) is 0 Å². The van der Waals surface area contributed by atoms with Crippen molar-refractivity contribution in [1.29, 1.82) is 0 Å². The molecule has 4 heavy (non-hydrogen) atoms. The molecule has 0 saturated heterocycles. The van der Waals surface area contributed by atoms with Gasteiger partial charge in [0, 0.05) is 0 Å². The van der Waals surface area contributed by atoms with Gasteiger partial charge < -0.3 is 5.11 Å². The molecule has 0 amide bonds. The largest absolute Gasteiger partial charge is 1.00 e. The van der Waals surface area contributed by atoms with Crippen molar-refractivity contribution < 1.29 is 34.7 Å². The summed E-state index contributed by atoms with van der Waals surface area (Å²) in [5, 5.41) is 6.75. The van der Waals surface area contributed by atoms with Gasteiger partial charge in [0.05, 0.1) is 0 Å². The summed E-state index contributed by atoms with van der Waals surface area (Å²) in [5.74, 6) is 0. The van der Waals surface area contributed by atoms with Crippen molar-refractivity contribution in [3.8, 4) is 0 Å². The monoisotopic (exact) mass is 88.0 g/mol. The zero-order chi connectivity index (χ0) is 2.00. The molecule has 0 saturated carbocycles. The number of aliphatic hydroxyl groups excluding tert-OH is 1. The van der Waals surface area contributed by atoms with Crippen LogP contribution in [-0.4, -0.2) is 5.11 Å². The standard InChI is InChI=1S/CH3O.Na.H2S/c1-2;;/h2H,1H2;;1H2/q-1;+1;. The molecule has 0 aliphatic rings. The zero-order valence-corrected chi connectivity index (χ0v) is 5.65. The van der Waals surface area contributed by atoms with Gasteiger partial charge in [0.15, 0.2) is 0 Å². The Bertz CT molecular complexity index is 8.00. The predicted octanol–water partition coefficient (Wildman–Crippen LogP) is -2.73. The molecule has 22 valence electrons. The molecule has 0 aromatic heterocycles. The summed E-state index contributed by atoms with van der Waals surface area (Å²) < 4.78 is 0. The van der Waals surface area contributed by atoms with Gasteiger partial charge in [0.25, 0.3) is 0 Å². The average Bonchev–Trinajstić information content (AvgIpc) is 1.00. The maximum absolute atomic E-state index is 6.75. The number of hydrogen-bond donors (Lipinski definition) is 1. The normalized spacial score (nSPS) is 1.50. The quantitative estimate of drug-likeness (QED) is 0.252. The minimum atomic E-state index is 0.